The second-order valence-electron chi connectivity index (χ2n) is 7.14. The van der Waals surface area contributed by atoms with Gasteiger partial charge in [0.2, 0.25) is 0 Å². The van der Waals surface area contributed by atoms with E-state index in [2.05, 4.69) is 5.32 Å². The highest BCUT2D eigenvalue weighted by molar-refractivity contribution is 5.64. The normalized spacial score (nSPS) is 15.6. The van der Waals surface area contributed by atoms with Crippen LogP contribution in [-0.4, -0.2) is 24.0 Å². The molecule has 1 heterocycles. The van der Waals surface area contributed by atoms with Gasteiger partial charge < -0.3 is 29.4 Å². The number of nitrogens with one attached hydrogen (secondary N) is 1. The summed E-state index contributed by atoms with van der Waals surface area (Å²) in [5.41, 5.74) is 2.16. The fourth-order valence-electron chi connectivity index (χ4n) is 3.43. The van der Waals surface area contributed by atoms with Gasteiger partial charge in [-0.1, -0.05) is 30.3 Å². The summed E-state index contributed by atoms with van der Waals surface area (Å²) in [6.07, 6.45) is -2.45. The van der Waals surface area contributed by atoms with Gasteiger partial charge in [0.05, 0.1) is 18.0 Å². The second kappa shape index (κ2) is 10.5. The van der Waals surface area contributed by atoms with Crippen LogP contribution in [0.15, 0.2) is 71.4 Å². The van der Waals surface area contributed by atoms with Gasteiger partial charge in [-0.3, -0.25) is 0 Å². The van der Waals surface area contributed by atoms with Gasteiger partial charge in [-0.25, -0.2) is 14.0 Å². The summed E-state index contributed by atoms with van der Waals surface area (Å²) in [7, 11) is 0. The Morgan fingerprint density at radius 1 is 1.00 bits per heavy atom. The number of rotatable bonds is 7. The summed E-state index contributed by atoms with van der Waals surface area (Å²) in [4.78, 5) is 23.6. The summed E-state index contributed by atoms with van der Waals surface area (Å²) in [6, 6.07) is 12.8. The molecule has 0 radical (unpaired) electrons. The minimum absolute atomic E-state index is 0.0326. The first-order valence-electron chi connectivity index (χ1n) is 10.2. The van der Waals surface area contributed by atoms with Crippen LogP contribution in [0.25, 0.3) is 0 Å². The number of hydrogen-bond acceptors (Lipinski definition) is 7. The predicted molar refractivity (Wildman–Crippen MR) is 116 cm³/mol. The van der Waals surface area contributed by atoms with Gasteiger partial charge in [-0.15, -0.1) is 0 Å². The van der Waals surface area contributed by atoms with Crippen LogP contribution in [0, 0.1) is 5.82 Å². The Bertz CT molecular complexity index is 1090. The molecule has 174 valence electrons. The molecule has 3 rings (SSSR count). The monoisotopic (exact) mass is 457 g/mol. The van der Waals surface area contributed by atoms with Crippen molar-refractivity contribution in [2.45, 2.75) is 33.3 Å². The van der Waals surface area contributed by atoms with Crippen molar-refractivity contribution in [3.05, 3.63) is 88.4 Å². The Morgan fingerprint density at radius 3 is 2.27 bits per heavy atom. The zero-order chi connectivity index (χ0) is 24.0. The number of dihydropyridines is 1. The lowest BCUT2D eigenvalue weighted by Gasteiger charge is -2.30. The smallest absolute Gasteiger partial charge is 0.489 e. The molecular weight excluding hydrogens is 433 g/mol. The van der Waals surface area contributed by atoms with E-state index in [1.54, 1.807) is 57.2 Å². The Labute approximate surface area is 190 Å². The molecule has 2 aromatic rings. The number of carboxylic acid groups (broad SMARTS) is 1. The van der Waals surface area contributed by atoms with Gasteiger partial charge in [0, 0.05) is 5.56 Å². The van der Waals surface area contributed by atoms with Crippen molar-refractivity contribution in [3.8, 4) is 5.75 Å². The van der Waals surface area contributed by atoms with Crippen LogP contribution in [-0.2, 0) is 20.8 Å². The molecule has 0 aliphatic carbocycles. The molecule has 33 heavy (non-hydrogen) atoms. The zero-order valence-corrected chi connectivity index (χ0v) is 18.4. The number of halogens is 1. The van der Waals surface area contributed by atoms with E-state index in [0.29, 0.717) is 22.7 Å². The fourth-order valence-corrected chi connectivity index (χ4v) is 3.43. The van der Waals surface area contributed by atoms with Gasteiger partial charge in [0.15, 0.2) is 0 Å². The molecule has 8 nitrogen and oxygen atoms in total. The van der Waals surface area contributed by atoms with Crippen molar-refractivity contribution >= 4 is 12.3 Å². The lowest BCUT2D eigenvalue weighted by Crippen LogP contribution is -2.29. The van der Waals surface area contributed by atoms with Crippen molar-refractivity contribution in [3.63, 3.8) is 0 Å². The molecule has 2 N–H and O–H groups in total. The number of para-hydroxylation sites is 1. The number of carbonyl (C=O) groups is 2. The van der Waals surface area contributed by atoms with E-state index >= 15 is 0 Å². The Hall–Kier alpha value is -4.01. The molecule has 1 unspecified atom stereocenters. The standard InChI is InChI=1S/C24H24FNO7/c1-4-30-24(29)33-22-15(3)26-14(2)21(32-23(27)28)20(22)18-7-5-6-8-19(18)31-13-16-9-11-17(25)12-10-16/h5-12,20,26H,4,13H2,1-3H3,(H,27,28). The molecular formula is C24H24FNO7. The molecule has 1 aliphatic heterocycles. The minimum atomic E-state index is -1.52. The largest absolute Gasteiger partial charge is 0.513 e. The van der Waals surface area contributed by atoms with E-state index in [9.17, 15) is 19.1 Å². The molecule has 2 aromatic carbocycles. The summed E-state index contributed by atoms with van der Waals surface area (Å²) in [5, 5.41) is 12.3. The van der Waals surface area contributed by atoms with E-state index in [-0.39, 0.29) is 30.5 Å². The Kier molecular flexibility index (Phi) is 7.55. The number of hydrogen-bond donors (Lipinski definition) is 2. The van der Waals surface area contributed by atoms with Crippen molar-refractivity contribution in [1.29, 1.82) is 0 Å². The molecule has 0 fully saturated rings. The van der Waals surface area contributed by atoms with Crippen LogP contribution in [0.5, 0.6) is 5.75 Å². The Morgan fingerprint density at radius 2 is 1.64 bits per heavy atom. The predicted octanol–water partition coefficient (Wildman–Crippen LogP) is 5.42. The van der Waals surface area contributed by atoms with Crippen LogP contribution < -0.4 is 10.1 Å². The number of ether oxygens (including phenoxy) is 4. The molecule has 0 bridgehead atoms. The fraction of sp³-hybridized carbons (Fsp3) is 0.250. The lowest BCUT2D eigenvalue weighted by atomic mass is 9.90. The van der Waals surface area contributed by atoms with Crippen LogP contribution in [0.1, 0.15) is 37.8 Å². The van der Waals surface area contributed by atoms with E-state index in [0.717, 1.165) is 5.56 Å². The quantitative estimate of drug-likeness (QED) is 0.531. The third kappa shape index (κ3) is 5.82. The van der Waals surface area contributed by atoms with Crippen LogP contribution in [0.2, 0.25) is 0 Å². The highest BCUT2D eigenvalue weighted by atomic mass is 19.1. The maximum Gasteiger partial charge on any atom is 0.513 e. The zero-order valence-electron chi connectivity index (χ0n) is 18.4. The summed E-state index contributed by atoms with van der Waals surface area (Å²) >= 11 is 0. The van der Waals surface area contributed by atoms with Crippen molar-refractivity contribution in [2.75, 3.05) is 6.61 Å². The van der Waals surface area contributed by atoms with Gasteiger partial charge in [0.1, 0.15) is 35.6 Å². The topological polar surface area (TPSA) is 103 Å². The SMILES string of the molecule is CCOC(=O)OC1=C(C)NC(C)=C(OC(=O)O)C1c1ccccc1OCc1ccc(F)cc1. The van der Waals surface area contributed by atoms with Gasteiger partial charge in [0.25, 0.3) is 0 Å². The molecule has 0 saturated heterocycles. The Balaban J connectivity index is 2.02. The molecule has 0 amide bonds. The van der Waals surface area contributed by atoms with Gasteiger partial charge >= 0.3 is 12.3 Å². The minimum Gasteiger partial charge on any atom is -0.489 e. The molecule has 0 aromatic heterocycles. The van der Waals surface area contributed by atoms with Gasteiger partial charge in [-0.2, -0.15) is 0 Å². The van der Waals surface area contributed by atoms with Crippen LogP contribution in [0.3, 0.4) is 0 Å². The van der Waals surface area contributed by atoms with E-state index < -0.39 is 18.2 Å². The summed E-state index contributed by atoms with van der Waals surface area (Å²) < 4.78 is 34.6. The molecule has 9 heteroatoms. The first-order valence-corrected chi connectivity index (χ1v) is 10.2. The third-order valence-corrected chi connectivity index (χ3v) is 4.83. The molecule has 1 atom stereocenters. The number of allylic oxidation sites excluding steroid dienone is 2. The first kappa shape index (κ1) is 23.6. The molecule has 0 saturated carbocycles. The lowest BCUT2D eigenvalue weighted by molar-refractivity contribution is 0.0722. The maximum atomic E-state index is 13.2. The van der Waals surface area contributed by atoms with Crippen LogP contribution >= 0.6 is 0 Å². The van der Waals surface area contributed by atoms with Crippen molar-refractivity contribution in [2.24, 2.45) is 0 Å². The third-order valence-electron chi connectivity index (χ3n) is 4.83. The van der Waals surface area contributed by atoms with Gasteiger partial charge in [-0.05, 0) is 44.5 Å². The molecule has 0 spiro atoms. The number of carbonyl (C=O) groups excluding carboxylic acids is 1. The highest BCUT2D eigenvalue weighted by Crippen LogP contribution is 2.43. The van der Waals surface area contributed by atoms with E-state index in [4.69, 9.17) is 18.9 Å². The van der Waals surface area contributed by atoms with Crippen molar-refractivity contribution < 1.29 is 38.0 Å². The number of benzene rings is 2. The molecule has 1 aliphatic rings. The average molecular weight is 457 g/mol. The van der Waals surface area contributed by atoms with Crippen LogP contribution in [0.4, 0.5) is 14.0 Å². The highest BCUT2D eigenvalue weighted by Gasteiger charge is 2.37. The second-order valence-corrected chi connectivity index (χ2v) is 7.14. The van der Waals surface area contributed by atoms with E-state index in [1.807, 2.05) is 0 Å². The first-order chi connectivity index (χ1) is 15.8. The van der Waals surface area contributed by atoms with Crippen molar-refractivity contribution in [1.82, 2.24) is 5.32 Å². The maximum absolute atomic E-state index is 13.2. The summed E-state index contributed by atoms with van der Waals surface area (Å²) in [6.45, 7) is 5.22. The van der Waals surface area contributed by atoms with E-state index in [1.165, 1.54) is 12.1 Å². The summed E-state index contributed by atoms with van der Waals surface area (Å²) in [5.74, 6) is -0.702. The average Bonchev–Trinajstić information content (AvgIpc) is 2.77.